The molecule has 1 N–H and O–H groups in total. The second-order valence-electron chi connectivity index (χ2n) is 6.69. The van der Waals surface area contributed by atoms with Crippen molar-refractivity contribution < 1.29 is 19.1 Å². The van der Waals surface area contributed by atoms with Gasteiger partial charge in [-0.05, 0) is 56.7 Å². The highest BCUT2D eigenvalue weighted by Crippen LogP contribution is 2.42. The lowest BCUT2D eigenvalue weighted by molar-refractivity contribution is -0.140. The molecule has 0 saturated carbocycles. The number of fused-ring (bicyclic) bond motifs is 1. The molecular formula is C19H20N2O4S. The number of hydrogen-bond donors (Lipinski definition) is 1. The molecule has 7 heteroatoms. The molecule has 0 radical (unpaired) electrons. The number of methoxy groups -OCH3 is 1. The summed E-state index contributed by atoms with van der Waals surface area (Å²) in [7, 11) is 1.29. The van der Waals surface area contributed by atoms with Crippen LogP contribution in [0.15, 0.2) is 30.3 Å². The highest BCUT2D eigenvalue weighted by molar-refractivity contribution is 7.14. The average molecular weight is 372 g/mol. The molecule has 0 aliphatic carbocycles. The Morgan fingerprint density at radius 1 is 1.23 bits per heavy atom. The van der Waals surface area contributed by atoms with Crippen LogP contribution < -0.4 is 10.2 Å². The van der Waals surface area contributed by atoms with Crippen LogP contribution in [-0.4, -0.2) is 31.4 Å². The SMILES string of the molecule is COC(=O)CN1C(=O)C(C)(C)c2cc(NC(=O)c3ccc(C)s3)ccc21. The Hall–Kier alpha value is -2.67. The summed E-state index contributed by atoms with van der Waals surface area (Å²) in [5.41, 5.74) is 1.26. The Morgan fingerprint density at radius 3 is 2.58 bits per heavy atom. The first-order valence-electron chi connectivity index (χ1n) is 8.15. The molecule has 2 heterocycles. The molecular weight excluding hydrogens is 352 g/mol. The van der Waals surface area contributed by atoms with Gasteiger partial charge in [0.25, 0.3) is 5.91 Å². The van der Waals surface area contributed by atoms with Crippen LogP contribution in [0.2, 0.25) is 0 Å². The van der Waals surface area contributed by atoms with E-state index >= 15 is 0 Å². The summed E-state index contributed by atoms with van der Waals surface area (Å²) in [4.78, 5) is 39.8. The molecule has 0 unspecified atom stereocenters. The van der Waals surface area contributed by atoms with E-state index in [1.807, 2.05) is 13.0 Å². The largest absolute Gasteiger partial charge is 0.468 e. The number of amides is 2. The van der Waals surface area contributed by atoms with Crippen molar-refractivity contribution in [2.45, 2.75) is 26.2 Å². The molecule has 1 aliphatic rings. The van der Waals surface area contributed by atoms with Crippen LogP contribution in [0, 0.1) is 6.92 Å². The fraction of sp³-hybridized carbons (Fsp3) is 0.316. The highest BCUT2D eigenvalue weighted by Gasteiger charge is 2.44. The van der Waals surface area contributed by atoms with Gasteiger partial charge in [-0.25, -0.2) is 0 Å². The second kappa shape index (κ2) is 6.57. The number of thiophene rings is 1. The maximum atomic E-state index is 12.7. The Labute approximate surface area is 155 Å². The first kappa shape index (κ1) is 18.1. The van der Waals surface area contributed by atoms with Crippen molar-refractivity contribution in [3.8, 4) is 0 Å². The van der Waals surface area contributed by atoms with E-state index in [-0.39, 0.29) is 18.4 Å². The minimum Gasteiger partial charge on any atom is -0.468 e. The number of carbonyl (C=O) groups is 3. The van der Waals surface area contributed by atoms with Gasteiger partial charge >= 0.3 is 5.97 Å². The average Bonchev–Trinajstić information content (AvgIpc) is 3.11. The topological polar surface area (TPSA) is 75.7 Å². The van der Waals surface area contributed by atoms with Gasteiger partial charge in [0.15, 0.2) is 0 Å². The second-order valence-corrected chi connectivity index (χ2v) is 7.98. The number of nitrogens with one attached hydrogen (secondary N) is 1. The number of rotatable bonds is 4. The summed E-state index contributed by atoms with van der Waals surface area (Å²) < 4.78 is 4.68. The fourth-order valence-corrected chi connectivity index (χ4v) is 3.77. The Kier molecular flexibility index (Phi) is 4.58. The zero-order chi connectivity index (χ0) is 19.1. The van der Waals surface area contributed by atoms with Crippen molar-refractivity contribution in [1.29, 1.82) is 0 Å². The third kappa shape index (κ3) is 3.10. The number of anilines is 2. The summed E-state index contributed by atoms with van der Waals surface area (Å²) in [5, 5.41) is 2.87. The van der Waals surface area contributed by atoms with Crippen LogP contribution in [0.25, 0.3) is 0 Å². The molecule has 2 amide bonds. The van der Waals surface area contributed by atoms with Gasteiger partial charge < -0.3 is 15.0 Å². The zero-order valence-corrected chi connectivity index (χ0v) is 15.9. The molecule has 0 atom stereocenters. The number of aryl methyl sites for hydroxylation is 1. The number of benzene rings is 1. The summed E-state index contributed by atoms with van der Waals surface area (Å²) in [6, 6.07) is 8.96. The first-order chi connectivity index (χ1) is 12.2. The maximum Gasteiger partial charge on any atom is 0.325 e. The van der Waals surface area contributed by atoms with Crippen molar-refractivity contribution in [2.75, 3.05) is 23.9 Å². The monoisotopic (exact) mass is 372 g/mol. The van der Waals surface area contributed by atoms with Crippen molar-refractivity contribution in [3.05, 3.63) is 45.6 Å². The summed E-state index contributed by atoms with van der Waals surface area (Å²) in [5.74, 6) is -0.834. The minimum atomic E-state index is -0.788. The number of hydrogen-bond acceptors (Lipinski definition) is 5. The summed E-state index contributed by atoms with van der Waals surface area (Å²) in [6.45, 7) is 5.42. The van der Waals surface area contributed by atoms with E-state index in [0.29, 0.717) is 16.3 Å². The van der Waals surface area contributed by atoms with E-state index < -0.39 is 11.4 Å². The van der Waals surface area contributed by atoms with Gasteiger partial charge in [0.05, 0.1) is 17.4 Å². The minimum absolute atomic E-state index is 0.133. The van der Waals surface area contributed by atoms with Crippen LogP contribution in [0.5, 0.6) is 0 Å². The van der Waals surface area contributed by atoms with Crippen LogP contribution in [0.4, 0.5) is 11.4 Å². The molecule has 1 aromatic carbocycles. The van der Waals surface area contributed by atoms with Gasteiger partial charge in [0.2, 0.25) is 5.91 Å². The van der Waals surface area contributed by atoms with E-state index in [1.165, 1.54) is 23.3 Å². The zero-order valence-electron chi connectivity index (χ0n) is 15.1. The van der Waals surface area contributed by atoms with Gasteiger partial charge in [-0.1, -0.05) is 0 Å². The quantitative estimate of drug-likeness (QED) is 0.837. The lowest BCUT2D eigenvalue weighted by Gasteiger charge is -2.19. The molecule has 26 heavy (non-hydrogen) atoms. The molecule has 1 aromatic heterocycles. The molecule has 0 spiro atoms. The highest BCUT2D eigenvalue weighted by atomic mass is 32.1. The molecule has 0 bridgehead atoms. The van der Waals surface area contributed by atoms with Crippen LogP contribution in [0.1, 0.15) is 34.0 Å². The smallest absolute Gasteiger partial charge is 0.325 e. The van der Waals surface area contributed by atoms with Gasteiger partial charge in [-0.15, -0.1) is 11.3 Å². The standard InChI is InChI=1S/C19H20N2O4S/c1-11-5-8-15(26-11)17(23)20-12-6-7-14-13(9-12)19(2,3)18(24)21(14)10-16(22)25-4/h5-9H,10H2,1-4H3,(H,20,23). The van der Waals surface area contributed by atoms with E-state index in [0.717, 1.165) is 10.4 Å². The number of carbonyl (C=O) groups excluding carboxylic acids is 3. The van der Waals surface area contributed by atoms with E-state index in [2.05, 4.69) is 10.1 Å². The van der Waals surface area contributed by atoms with Crippen molar-refractivity contribution in [2.24, 2.45) is 0 Å². The van der Waals surface area contributed by atoms with Gasteiger partial charge in [-0.2, -0.15) is 0 Å². The molecule has 6 nitrogen and oxygen atoms in total. The number of nitrogens with zero attached hydrogens (tertiary/aromatic N) is 1. The summed E-state index contributed by atoms with van der Waals surface area (Å²) in [6.07, 6.45) is 0. The maximum absolute atomic E-state index is 12.7. The van der Waals surface area contributed by atoms with Crippen molar-refractivity contribution >= 4 is 40.5 Å². The molecule has 2 aromatic rings. The Morgan fingerprint density at radius 2 is 1.96 bits per heavy atom. The molecule has 0 fully saturated rings. The predicted molar refractivity (Wildman–Crippen MR) is 101 cm³/mol. The van der Waals surface area contributed by atoms with E-state index in [4.69, 9.17) is 0 Å². The third-order valence-corrected chi connectivity index (χ3v) is 5.48. The first-order valence-corrected chi connectivity index (χ1v) is 8.97. The van der Waals surface area contributed by atoms with Crippen molar-refractivity contribution in [3.63, 3.8) is 0 Å². The Bertz CT molecular complexity index is 901. The number of esters is 1. The lowest BCUT2D eigenvalue weighted by Crippen LogP contribution is -2.39. The predicted octanol–water partition coefficient (Wildman–Crippen LogP) is 3.11. The van der Waals surface area contributed by atoms with Gasteiger partial charge in [0, 0.05) is 16.3 Å². The van der Waals surface area contributed by atoms with Crippen LogP contribution >= 0.6 is 11.3 Å². The molecule has 1 aliphatic heterocycles. The van der Waals surface area contributed by atoms with Crippen molar-refractivity contribution in [1.82, 2.24) is 0 Å². The molecule has 136 valence electrons. The normalized spacial score (nSPS) is 14.9. The van der Waals surface area contributed by atoms with E-state index in [1.54, 1.807) is 38.1 Å². The molecule has 3 rings (SSSR count). The van der Waals surface area contributed by atoms with Gasteiger partial charge in [0.1, 0.15) is 6.54 Å². The van der Waals surface area contributed by atoms with Gasteiger partial charge in [-0.3, -0.25) is 14.4 Å². The third-order valence-electron chi connectivity index (χ3n) is 4.48. The molecule has 0 saturated heterocycles. The Balaban J connectivity index is 1.90. The van der Waals surface area contributed by atoms with Crippen LogP contribution in [0.3, 0.4) is 0 Å². The summed E-state index contributed by atoms with van der Waals surface area (Å²) >= 11 is 1.42. The van der Waals surface area contributed by atoms with E-state index in [9.17, 15) is 14.4 Å². The van der Waals surface area contributed by atoms with Crippen LogP contribution in [-0.2, 0) is 19.7 Å². The fourth-order valence-electron chi connectivity index (χ4n) is 3.01. The number of ether oxygens (including phenoxy) is 1. The lowest BCUT2D eigenvalue weighted by atomic mass is 9.86.